The van der Waals surface area contributed by atoms with Crippen LogP contribution in [0.2, 0.25) is 5.15 Å². The van der Waals surface area contributed by atoms with E-state index in [-0.39, 0.29) is 5.41 Å². The maximum Gasteiger partial charge on any atom is 0.131 e. The van der Waals surface area contributed by atoms with Crippen LogP contribution in [0.15, 0.2) is 24.3 Å². The number of aromatic nitrogens is 2. The largest absolute Gasteiger partial charge is 0.387 e. The second-order valence-corrected chi connectivity index (χ2v) is 7.36. The van der Waals surface area contributed by atoms with Gasteiger partial charge in [0.15, 0.2) is 0 Å². The molecule has 2 N–H and O–H groups in total. The molecular formula is C18H26ClN3O. The van der Waals surface area contributed by atoms with Gasteiger partial charge in [0.1, 0.15) is 5.15 Å². The number of aryl methyl sites for hydroxylation is 2. The van der Waals surface area contributed by atoms with Crippen LogP contribution in [0.4, 0.5) is 0 Å². The number of aliphatic hydroxyl groups is 1. The van der Waals surface area contributed by atoms with Crippen LogP contribution in [0.3, 0.4) is 0 Å². The van der Waals surface area contributed by atoms with Gasteiger partial charge in [0.25, 0.3) is 0 Å². The molecule has 0 saturated carbocycles. The molecule has 1 aromatic carbocycles. The molecule has 23 heavy (non-hydrogen) atoms. The highest BCUT2D eigenvalue weighted by atomic mass is 35.5. The summed E-state index contributed by atoms with van der Waals surface area (Å²) in [5, 5.41) is 18.5. The summed E-state index contributed by atoms with van der Waals surface area (Å²) in [5.74, 6) is 0. The molecule has 1 unspecified atom stereocenters. The van der Waals surface area contributed by atoms with Gasteiger partial charge in [-0.2, -0.15) is 5.10 Å². The maximum absolute atomic E-state index is 10.3. The summed E-state index contributed by atoms with van der Waals surface area (Å²) in [6.45, 7) is 9.54. The Morgan fingerprint density at radius 3 is 2.35 bits per heavy atom. The number of hydrogen-bond donors (Lipinski definition) is 2. The minimum absolute atomic E-state index is 0.121. The zero-order valence-corrected chi connectivity index (χ0v) is 15.3. The minimum atomic E-state index is -0.542. The molecule has 2 rings (SSSR count). The van der Waals surface area contributed by atoms with E-state index in [0.29, 0.717) is 18.2 Å². The molecule has 0 radical (unpaired) electrons. The Bertz CT molecular complexity index is 656. The van der Waals surface area contributed by atoms with E-state index in [0.717, 1.165) is 16.8 Å². The summed E-state index contributed by atoms with van der Waals surface area (Å²) in [7, 11) is 1.82. The minimum Gasteiger partial charge on any atom is -0.387 e. The maximum atomic E-state index is 10.3. The summed E-state index contributed by atoms with van der Waals surface area (Å²) in [5.41, 5.74) is 4.19. The number of nitrogens with one attached hydrogen (secondary N) is 1. The van der Waals surface area contributed by atoms with Crippen LogP contribution in [-0.2, 0) is 19.0 Å². The van der Waals surface area contributed by atoms with Gasteiger partial charge in [-0.05, 0) is 23.5 Å². The highest BCUT2D eigenvalue weighted by molar-refractivity contribution is 6.30. The fourth-order valence-electron chi connectivity index (χ4n) is 2.53. The van der Waals surface area contributed by atoms with Gasteiger partial charge >= 0.3 is 0 Å². The van der Waals surface area contributed by atoms with E-state index in [4.69, 9.17) is 11.6 Å². The van der Waals surface area contributed by atoms with Crippen molar-refractivity contribution >= 4 is 11.6 Å². The third-order valence-corrected chi connectivity index (χ3v) is 4.54. The Morgan fingerprint density at radius 1 is 1.26 bits per heavy atom. The summed E-state index contributed by atoms with van der Waals surface area (Å²) in [4.78, 5) is 0. The summed E-state index contributed by atoms with van der Waals surface area (Å²) < 4.78 is 1.66. The number of hydrogen-bond acceptors (Lipinski definition) is 3. The van der Waals surface area contributed by atoms with E-state index >= 15 is 0 Å². The zero-order chi connectivity index (χ0) is 17.2. The van der Waals surface area contributed by atoms with Crippen LogP contribution in [0, 0.1) is 6.92 Å². The van der Waals surface area contributed by atoms with Gasteiger partial charge in [0.05, 0.1) is 11.8 Å². The molecule has 0 spiro atoms. The number of aliphatic hydroxyl groups excluding tert-OH is 1. The lowest BCUT2D eigenvalue weighted by Crippen LogP contribution is -2.21. The molecule has 5 heteroatoms. The van der Waals surface area contributed by atoms with E-state index in [2.05, 4.69) is 43.3 Å². The van der Waals surface area contributed by atoms with E-state index in [9.17, 15) is 5.11 Å². The predicted molar refractivity (Wildman–Crippen MR) is 94.8 cm³/mol. The standard InChI is InChI=1S/C18H26ClN3O/c1-12-15(17(19)22(5)21-12)10-20-11-16(23)13-6-8-14(9-7-13)18(2,3)4/h6-9,16,20,23H,10-11H2,1-5H3. The molecule has 0 fully saturated rings. The molecule has 0 aliphatic carbocycles. The topological polar surface area (TPSA) is 50.1 Å². The monoisotopic (exact) mass is 335 g/mol. The zero-order valence-electron chi connectivity index (χ0n) is 14.5. The first-order valence-electron chi connectivity index (χ1n) is 7.87. The molecule has 2 aromatic rings. The number of nitrogens with zero attached hydrogens (tertiary/aromatic N) is 2. The molecule has 0 bridgehead atoms. The van der Waals surface area contributed by atoms with Crippen molar-refractivity contribution in [3.05, 3.63) is 51.8 Å². The van der Waals surface area contributed by atoms with Crippen molar-refractivity contribution in [2.24, 2.45) is 7.05 Å². The van der Waals surface area contributed by atoms with Crippen molar-refractivity contribution in [2.75, 3.05) is 6.54 Å². The van der Waals surface area contributed by atoms with E-state index in [1.54, 1.807) is 4.68 Å². The SMILES string of the molecule is Cc1nn(C)c(Cl)c1CNCC(O)c1ccc(C(C)(C)C)cc1. The van der Waals surface area contributed by atoms with Crippen LogP contribution in [0.5, 0.6) is 0 Å². The Morgan fingerprint density at radius 2 is 1.87 bits per heavy atom. The Labute approximate surface area is 143 Å². The van der Waals surface area contributed by atoms with Crippen molar-refractivity contribution in [3.63, 3.8) is 0 Å². The molecule has 0 amide bonds. The number of benzene rings is 1. The molecule has 0 aliphatic rings. The first-order chi connectivity index (χ1) is 10.7. The summed E-state index contributed by atoms with van der Waals surface area (Å²) >= 11 is 6.20. The van der Waals surface area contributed by atoms with Crippen molar-refractivity contribution < 1.29 is 5.11 Å². The van der Waals surface area contributed by atoms with Gasteiger partial charge in [-0.1, -0.05) is 56.6 Å². The van der Waals surface area contributed by atoms with Crippen molar-refractivity contribution in [1.29, 1.82) is 0 Å². The molecule has 1 aromatic heterocycles. The van der Waals surface area contributed by atoms with Crippen LogP contribution in [-0.4, -0.2) is 21.4 Å². The lowest BCUT2D eigenvalue weighted by atomic mass is 9.86. The predicted octanol–water partition coefficient (Wildman–Crippen LogP) is 3.50. The second-order valence-electron chi connectivity index (χ2n) is 7.00. The molecule has 4 nitrogen and oxygen atoms in total. The van der Waals surface area contributed by atoms with Gasteiger partial charge in [0, 0.05) is 25.7 Å². The fourth-order valence-corrected chi connectivity index (χ4v) is 2.77. The Balaban J connectivity index is 1.93. The molecule has 0 aliphatic heterocycles. The Hall–Kier alpha value is -1.36. The molecular weight excluding hydrogens is 310 g/mol. The normalized spacial score (nSPS) is 13.3. The third-order valence-electron chi connectivity index (χ3n) is 4.07. The average molecular weight is 336 g/mol. The van der Waals surface area contributed by atoms with Crippen molar-refractivity contribution in [3.8, 4) is 0 Å². The Kier molecular flexibility index (Phi) is 5.50. The van der Waals surface area contributed by atoms with Gasteiger partial charge in [-0.25, -0.2) is 0 Å². The average Bonchev–Trinajstić information content (AvgIpc) is 2.72. The number of halogens is 1. The van der Waals surface area contributed by atoms with Gasteiger partial charge in [-0.3, -0.25) is 4.68 Å². The smallest absolute Gasteiger partial charge is 0.131 e. The molecule has 0 saturated heterocycles. The van der Waals surface area contributed by atoms with E-state index in [1.807, 2.05) is 26.1 Å². The van der Waals surface area contributed by atoms with E-state index < -0.39 is 6.10 Å². The van der Waals surface area contributed by atoms with Crippen molar-refractivity contribution in [2.45, 2.75) is 45.8 Å². The summed E-state index contributed by atoms with van der Waals surface area (Å²) in [6, 6.07) is 8.16. The molecule has 1 atom stereocenters. The highest BCUT2D eigenvalue weighted by Crippen LogP contribution is 2.24. The fraction of sp³-hybridized carbons (Fsp3) is 0.500. The molecule has 126 valence electrons. The van der Waals surface area contributed by atoms with Gasteiger partial charge in [-0.15, -0.1) is 0 Å². The second kappa shape index (κ2) is 7.04. The van der Waals surface area contributed by atoms with Crippen LogP contribution >= 0.6 is 11.6 Å². The van der Waals surface area contributed by atoms with Gasteiger partial charge < -0.3 is 10.4 Å². The van der Waals surface area contributed by atoms with Crippen LogP contribution in [0.1, 0.15) is 49.3 Å². The lowest BCUT2D eigenvalue weighted by Gasteiger charge is -2.20. The van der Waals surface area contributed by atoms with Crippen LogP contribution < -0.4 is 5.32 Å². The van der Waals surface area contributed by atoms with Crippen LogP contribution in [0.25, 0.3) is 0 Å². The molecule has 1 heterocycles. The quantitative estimate of drug-likeness (QED) is 0.879. The third kappa shape index (κ3) is 4.34. The van der Waals surface area contributed by atoms with Gasteiger partial charge in [0.2, 0.25) is 0 Å². The number of rotatable bonds is 5. The summed E-state index contributed by atoms with van der Waals surface area (Å²) in [6.07, 6.45) is -0.542. The first kappa shape index (κ1) is 18.0. The highest BCUT2D eigenvalue weighted by Gasteiger charge is 2.15. The van der Waals surface area contributed by atoms with E-state index in [1.165, 1.54) is 5.56 Å². The van der Waals surface area contributed by atoms with Crippen molar-refractivity contribution in [1.82, 2.24) is 15.1 Å². The first-order valence-corrected chi connectivity index (χ1v) is 8.25. The lowest BCUT2D eigenvalue weighted by molar-refractivity contribution is 0.174.